The quantitative estimate of drug-likeness (QED) is 0.878. The Morgan fingerprint density at radius 3 is 2.62 bits per heavy atom. The molecule has 0 aliphatic carbocycles. The summed E-state index contributed by atoms with van der Waals surface area (Å²) in [6.45, 7) is 0.331. The number of ether oxygens (including phenoxy) is 2. The van der Waals surface area contributed by atoms with E-state index in [-0.39, 0.29) is 23.4 Å². The van der Waals surface area contributed by atoms with E-state index in [4.69, 9.17) is 15.0 Å². The number of alkyl halides is 3. The highest BCUT2D eigenvalue weighted by atomic mass is 79.9. The molecule has 0 saturated carbocycles. The zero-order chi connectivity index (χ0) is 15.5. The highest BCUT2D eigenvalue weighted by molar-refractivity contribution is 9.10. The molecule has 0 aliphatic rings. The predicted molar refractivity (Wildman–Crippen MR) is 69.6 cm³/mol. The van der Waals surface area contributed by atoms with E-state index >= 15 is 0 Å². The lowest BCUT2D eigenvalue weighted by Gasteiger charge is -2.11. The second-order valence-corrected chi connectivity index (χ2v) is 4.77. The monoisotopic (exact) mass is 366 g/mol. The van der Waals surface area contributed by atoms with Crippen molar-refractivity contribution in [2.24, 2.45) is 5.73 Å². The fourth-order valence-corrected chi connectivity index (χ4v) is 1.89. The molecule has 2 N–H and O–H groups in total. The Morgan fingerprint density at radius 1 is 1.29 bits per heavy atom. The second kappa shape index (κ2) is 6.35. The molecule has 5 nitrogen and oxygen atoms in total. The Kier molecular flexibility index (Phi) is 4.73. The van der Waals surface area contributed by atoms with Gasteiger partial charge in [-0.3, -0.25) is 0 Å². The first-order valence-electron chi connectivity index (χ1n) is 5.70. The minimum Gasteiger partial charge on any atom is -0.486 e. The molecule has 0 saturated heterocycles. The molecule has 9 heteroatoms. The van der Waals surface area contributed by atoms with Crippen molar-refractivity contribution in [2.75, 3.05) is 0 Å². The van der Waals surface area contributed by atoms with Crippen LogP contribution >= 0.6 is 15.9 Å². The zero-order valence-corrected chi connectivity index (χ0v) is 12.1. The number of benzene rings is 1. The van der Waals surface area contributed by atoms with E-state index in [9.17, 15) is 13.2 Å². The summed E-state index contributed by atoms with van der Waals surface area (Å²) in [6.07, 6.45) is -4.75. The van der Waals surface area contributed by atoms with Gasteiger partial charge in [-0.05, 0) is 34.1 Å². The molecule has 0 radical (unpaired) electrons. The number of rotatable bonds is 5. The minimum atomic E-state index is -4.75. The first-order chi connectivity index (χ1) is 9.87. The SMILES string of the molecule is NCc1cc(COc2ccc(OC(F)(F)F)c(Br)c2)on1. The van der Waals surface area contributed by atoms with Crippen LogP contribution in [-0.4, -0.2) is 11.5 Å². The average Bonchev–Trinajstić information content (AvgIpc) is 2.86. The largest absolute Gasteiger partial charge is 0.573 e. The Bertz CT molecular complexity index is 616. The molecular formula is C12H10BrF3N2O3. The molecule has 1 aromatic carbocycles. The molecule has 0 bridgehead atoms. The van der Waals surface area contributed by atoms with Gasteiger partial charge in [-0.25, -0.2) is 0 Å². The van der Waals surface area contributed by atoms with Crippen molar-refractivity contribution in [1.82, 2.24) is 5.16 Å². The highest BCUT2D eigenvalue weighted by Crippen LogP contribution is 2.33. The van der Waals surface area contributed by atoms with Gasteiger partial charge in [0.2, 0.25) is 0 Å². The summed E-state index contributed by atoms with van der Waals surface area (Å²) in [5.41, 5.74) is 5.97. The average molecular weight is 367 g/mol. The molecule has 1 aromatic heterocycles. The number of nitrogens with zero attached hydrogens (tertiary/aromatic N) is 1. The van der Waals surface area contributed by atoms with Gasteiger partial charge in [-0.2, -0.15) is 0 Å². The predicted octanol–water partition coefficient (Wildman–Crippen LogP) is 3.37. The van der Waals surface area contributed by atoms with Crippen LogP contribution in [0.25, 0.3) is 0 Å². The van der Waals surface area contributed by atoms with Gasteiger partial charge in [-0.1, -0.05) is 5.16 Å². The summed E-state index contributed by atoms with van der Waals surface area (Å²) in [7, 11) is 0. The molecule has 0 atom stereocenters. The van der Waals surface area contributed by atoms with E-state index in [2.05, 4.69) is 25.8 Å². The fraction of sp³-hybridized carbons (Fsp3) is 0.250. The number of halogens is 4. The molecule has 2 rings (SSSR count). The van der Waals surface area contributed by atoms with E-state index in [1.54, 1.807) is 6.07 Å². The Balaban J connectivity index is 1.99. The number of hydrogen-bond donors (Lipinski definition) is 1. The molecule has 1 heterocycles. The molecule has 21 heavy (non-hydrogen) atoms. The van der Waals surface area contributed by atoms with E-state index < -0.39 is 6.36 Å². The standard InChI is InChI=1S/C12H10BrF3N2O3/c13-10-4-8(1-2-11(10)20-12(14,15)16)19-6-9-3-7(5-17)18-21-9/h1-4H,5-6,17H2. The van der Waals surface area contributed by atoms with Crippen molar-refractivity contribution in [3.8, 4) is 11.5 Å². The smallest absolute Gasteiger partial charge is 0.486 e. The van der Waals surface area contributed by atoms with Crippen molar-refractivity contribution in [3.63, 3.8) is 0 Å². The van der Waals surface area contributed by atoms with Crippen molar-refractivity contribution < 1.29 is 27.2 Å². The Hall–Kier alpha value is -1.74. The molecule has 0 aliphatic heterocycles. The number of hydrogen-bond acceptors (Lipinski definition) is 5. The highest BCUT2D eigenvalue weighted by Gasteiger charge is 2.32. The van der Waals surface area contributed by atoms with Crippen LogP contribution in [0.2, 0.25) is 0 Å². The third-order valence-corrected chi connectivity index (χ3v) is 2.95. The molecular weight excluding hydrogens is 357 g/mol. The van der Waals surface area contributed by atoms with Gasteiger partial charge in [0.15, 0.2) is 5.76 Å². The lowest BCUT2D eigenvalue weighted by molar-refractivity contribution is -0.274. The van der Waals surface area contributed by atoms with E-state index in [1.165, 1.54) is 12.1 Å². The maximum atomic E-state index is 12.1. The summed E-state index contributed by atoms with van der Waals surface area (Å²) in [4.78, 5) is 0. The van der Waals surface area contributed by atoms with Crippen molar-refractivity contribution >= 4 is 15.9 Å². The number of nitrogens with two attached hydrogens (primary N) is 1. The zero-order valence-electron chi connectivity index (χ0n) is 10.5. The van der Waals surface area contributed by atoms with Crippen LogP contribution in [0.4, 0.5) is 13.2 Å². The lowest BCUT2D eigenvalue weighted by atomic mass is 10.3. The van der Waals surface area contributed by atoms with Gasteiger partial charge in [0.1, 0.15) is 18.1 Å². The third kappa shape index (κ3) is 4.64. The van der Waals surface area contributed by atoms with Crippen LogP contribution < -0.4 is 15.2 Å². The van der Waals surface area contributed by atoms with Crippen LogP contribution in [0.3, 0.4) is 0 Å². The van der Waals surface area contributed by atoms with E-state index in [1.807, 2.05) is 0 Å². The summed E-state index contributed by atoms with van der Waals surface area (Å²) < 4.78 is 50.6. The van der Waals surface area contributed by atoms with Crippen molar-refractivity contribution in [3.05, 3.63) is 40.2 Å². The first kappa shape index (κ1) is 15.6. The van der Waals surface area contributed by atoms with Gasteiger partial charge in [-0.15, -0.1) is 13.2 Å². The molecule has 2 aromatic rings. The fourth-order valence-electron chi connectivity index (χ4n) is 1.45. The molecule has 114 valence electrons. The number of aromatic nitrogens is 1. The summed E-state index contributed by atoms with van der Waals surface area (Å²) >= 11 is 2.98. The van der Waals surface area contributed by atoms with Gasteiger partial charge in [0.05, 0.1) is 10.2 Å². The maximum absolute atomic E-state index is 12.1. The molecule has 0 spiro atoms. The summed E-state index contributed by atoms with van der Waals surface area (Å²) in [5, 5.41) is 3.68. The summed E-state index contributed by atoms with van der Waals surface area (Å²) in [5.74, 6) is 0.462. The normalized spacial score (nSPS) is 11.5. The third-order valence-electron chi connectivity index (χ3n) is 2.33. The van der Waals surface area contributed by atoms with Crippen LogP contribution in [-0.2, 0) is 13.2 Å². The molecule has 0 fully saturated rings. The van der Waals surface area contributed by atoms with Crippen LogP contribution in [0.15, 0.2) is 33.3 Å². The maximum Gasteiger partial charge on any atom is 0.573 e. The Morgan fingerprint density at radius 2 is 2.05 bits per heavy atom. The first-order valence-corrected chi connectivity index (χ1v) is 6.49. The van der Waals surface area contributed by atoms with Crippen LogP contribution in [0.1, 0.15) is 11.5 Å². The minimum absolute atomic E-state index is 0.0823. The molecule has 0 amide bonds. The van der Waals surface area contributed by atoms with Crippen LogP contribution in [0, 0.1) is 0 Å². The van der Waals surface area contributed by atoms with Crippen molar-refractivity contribution in [2.45, 2.75) is 19.5 Å². The Labute approximate surface area is 125 Å². The second-order valence-electron chi connectivity index (χ2n) is 3.92. The lowest BCUT2D eigenvalue weighted by Crippen LogP contribution is -2.17. The summed E-state index contributed by atoms with van der Waals surface area (Å²) in [6, 6.07) is 5.50. The van der Waals surface area contributed by atoms with Gasteiger partial charge < -0.3 is 19.7 Å². The van der Waals surface area contributed by atoms with E-state index in [0.29, 0.717) is 17.2 Å². The molecule has 0 unspecified atom stereocenters. The van der Waals surface area contributed by atoms with Gasteiger partial charge in [0.25, 0.3) is 0 Å². The van der Waals surface area contributed by atoms with E-state index in [0.717, 1.165) is 6.07 Å². The van der Waals surface area contributed by atoms with Crippen molar-refractivity contribution in [1.29, 1.82) is 0 Å². The van der Waals surface area contributed by atoms with Crippen LogP contribution in [0.5, 0.6) is 11.5 Å². The topological polar surface area (TPSA) is 70.5 Å². The van der Waals surface area contributed by atoms with Gasteiger partial charge in [0, 0.05) is 12.6 Å². The van der Waals surface area contributed by atoms with Gasteiger partial charge >= 0.3 is 6.36 Å².